The van der Waals surface area contributed by atoms with Gasteiger partial charge in [-0.3, -0.25) is 0 Å². The highest BCUT2D eigenvalue weighted by Crippen LogP contribution is 2.57. The van der Waals surface area contributed by atoms with Gasteiger partial charge in [0.25, 0.3) is 0 Å². The predicted molar refractivity (Wildman–Crippen MR) is 222 cm³/mol. The van der Waals surface area contributed by atoms with Crippen molar-refractivity contribution in [3.63, 3.8) is 0 Å². The largest absolute Gasteiger partial charge is 0.0713 e. The standard InChI is InChI=1S/C53H40/c1-35-18-20-36(21-19-35)39-26-29-45-46-30-27-40(33-50(46)52(2,3)49(45)32-39)37-22-24-38(25-23-37)41-28-31-47-44-16-10-11-17-48(44)53(51(47)34-41,42-12-6-4-7-13-42)43-14-8-5-9-15-43/h4-34H,1-3H3. The monoisotopic (exact) mass is 676 g/mol. The van der Waals surface area contributed by atoms with Crippen molar-refractivity contribution in [1.82, 2.24) is 0 Å². The third-order valence-corrected chi connectivity index (χ3v) is 12.1. The second-order valence-corrected chi connectivity index (χ2v) is 15.4. The van der Waals surface area contributed by atoms with Crippen LogP contribution in [-0.2, 0) is 10.8 Å². The first-order valence-corrected chi connectivity index (χ1v) is 18.8. The Morgan fingerprint density at radius 2 is 0.660 bits per heavy atom. The van der Waals surface area contributed by atoms with Crippen LogP contribution in [0.5, 0.6) is 0 Å². The Morgan fingerprint density at radius 1 is 0.302 bits per heavy atom. The van der Waals surface area contributed by atoms with Crippen molar-refractivity contribution in [2.75, 3.05) is 0 Å². The molecule has 0 saturated heterocycles. The lowest BCUT2D eigenvalue weighted by Gasteiger charge is -2.34. The number of hydrogen-bond acceptors (Lipinski definition) is 0. The number of aryl methyl sites for hydroxylation is 1. The van der Waals surface area contributed by atoms with Crippen LogP contribution in [0.4, 0.5) is 0 Å². The van der Waals surface area contributed by atoms with Crippen LogP contribution in [0.3, 0.4) is 0 Å². The first-order valence-electron chi connectivity index (χ1n) is 18.8. The fraction of sp³-hybridized carbons (Fsp3) is 0.0943. The summed E-state index contributed by atoms with van der Waals surface area (Å²) in [5, 5.41) is 0. The SMILES string of the molecule is Cc1ccc(-c2ccc3c(c2)C(C)(C)c2cc(-c4ccc(-c5ccc6c(c5)C(c5ccccc5)(c5ccccc5)c5ccccc5-6)cc4)ccc2-3)cc1. The van der Waals surface area contributed by atoms with Crippen molar-refractivity contribution in [2.45, 2.75) is 31.6 Å². The Labute approximate surface area is 313 Å². The van der Waals surface area contributed by atoms with Crippen LogP contribution in [0.2, 0.25) is 0 Å². The smallest absolute Gasteiger partial charge is 0.0622 e. The molecule has 10 rings (SSSR count). The molecule has 0 N–H and O–H groups in total. The van der Waals surface area contributed by atoms with Crippen LogP contribution >= 0.6 is 0 Å². The summed E-state index contributed by atoms with van der Waals surface area (Å²) in [5.74, 6) is 0. The second-order valence-electron chi connectivity index (χ2n) is 15.4. The summed E-state index contributed by atoms with van der Waals surface area (Å²) in [4.78, 5) is 0. The van der Waals surface area contributed by atoms with Crippen molar-refractivity contribution in [2.24, 2.45) is 0 Å². The zero-order valence-corrected chi connectivity index (χ0v) is 30.4. The topological polar surface area (TPSA) is 0 Å². The third kappa shape index (κ3) is 4.75. The van der Waals surface area contributed by atoms with Crippen molar-refractivity contribution < 1.29 is 0 Å². The Kier molecular flexibility index (Phi) is 7.07. The van der Waals surface area contributed by atoms with E-state index in [1.807, 2.05) is 0 Å². The van der Waals surface area contributed by atoms with E-state index in [9.17, 15) is 0 Å². The van der Waals surface area contributed by atoms with E-state index in [0.717, 1.165) is 0 Å². The minimum atomic E-state index is -0.403. The molecule has 0 saturated carbocycles. The summed E-state index contributed by atoms with van der Waals surface area (Å²) in [7, 11) is 0. The van der Waals surface area contributed by atoms with E-state index in [1.54, 1.807) is 0 Å². The lowest BCUT2D eigenvalue weighted by molar-refractivity contribution is 0.661. The molecule has 0 heterocycles. The van der Waals surface area contributed by atoms with Crippen LogP contribution in [0, 0.1) is 6.92 Å². The highest BCUT2D eigenvalue weighted by atomic mass is 14.5. The molecule has 0 bridgehead atoms. The summed E-state index contributed by atoms with van der Waals surface area (Å²) in [6, 6.07) is 70.3. The molecule has 8 aromatic carbocycles. The molecule has 0 amide bonds. The molecule has 2 aliphatic carbocycles. The van der Waals surface area contributed by atoms with Gasteiger partial charge in [0, 0.05) is 5.41 Å². The number of benzene rings is 8. The van der Waals surface area contributed by atoms with E-state index < -0.39 is 5.41 Å². The summed E-state index contributed by atoms with van der Waals surface area (Å²) in [6.07, 6.45) is 0. The quantitative estimate of drug-likeness (QED) is 0.170. The minimum Gasteiger partial charge on any atom is -0.0622 e. The number of rotatable bonds is 5. The van der Waals surface area contributed by atoms with Crippen LogP contribution in [-0.4, -0.2) is 0 Å². The lowest BCUT2D eigenvalue weighted by Crippen LogP contribution is -2.28. The van der Waals surface area contributed by atoms with E-state index in [0.29, 0.717) is 0 Å². The van der Waals surface area contributed by atoms with Gasteiger partial charge in [0.05, 0.1) is 5.41 Å². The van der Waals surface area contributed by atoms with Gasteiger partial charge in [0.2, 0.25) is 0 Å². The molecule has 0 heteroatoms. The van der Waals surface area contributed by atoms with Gasteiger partial charge >= 0.3 is 0 Å². The fourth-order valence-electron chi connectivity index (χ4n) is 9.32. The Morgan fingerprint density at radius 3 is 1.15 bits per heavy atom. The van der Waals surface area contributed by atoms with Crippen LogP contribution in [0.25, 0.3) is 55.6 Å². The molecule has 0 unspecified atom stereocenters. The molecular formula is C53H40. The third-order valence-electron chi connectivity index (χ3n) is 12.1. The molecule has 53 heavy (non-hydrogen) atoms. The highest BCUT2D eigenvalue weighted by Gasteiger charge is 2.46. The minimum absolute atomic E-state index is 0.0900. The summed E-state index contributed by atoms with van der Waals surface area (Å²) in [5.41, 5.74) is 21.7. The first-order chi connectivity index (χ1) is 25.9. The molecule has 0 spiro atoms. The van der Waals surface area contributed by atoms with Crippen LogP contribution < -0.4 is 0 Å². The van der Waals surface area contributed by atoms with Crippen molar-refractivity contribution in [3.8, 4) is 55.6 Å². The Hall–Kier alpha value is -6.24. The molecule has 8 aromatic rings. The lowest BCUT2D eigenvalue weighted by atomic mass is 9.67. The van der Waals surface area contributed by atoms with Crippen molar-refractivity contribution >= 4 is 0 Å². The first kappa shape index (κ1) is 31.5. The molecule has 2 aliphatic rings. The molecular weight excluding hydrogens is 637 g/mol. The van der Waals surface area contributed by atoms with E-state index in [1.165, 1.54) is 94.6 Å². The zero-order valence-electron chi connectivity index (χ0n) is 30.4. The summed E-state index contributed by atoms with van der Waals surface area (Å²) < 4.78 is 0. The zero-order chi connectivity index (χ0) is 35.7. The molecule has 0 nitrogen and oxygen atoms in total. The molecule has 0 fully saturated rings. The highest BCUT2D eigenvalue weighted by molar-refractivity contribution is 5.89. The maximum Gasteiger partial charge on any atom is 0.0713 e. The Balaban J connectivity index is 1.02. The van der Waals surface area contributed by atoms with Crippen LogP contribution in [0.1, 0.15) is 52.8 Å². The average molecular weight is 677 g/mol. The normalized spacial score (nSPS) is 14.2. The second kappa shape index (κ2) is 11.9. The van der Waals surface area contributed by atoms with Crippen LogP contribution in [0.15, 0.2) is 188 Å². The van der Waals surface area contributed by atoms with E-state index in [4.69, 9.17) is 0 Å². The predicted octanol–water partition coefficient (Wildman–Crippen LogP) is 13.7. The summed E-state index contributed by atoms with van der Waals surface area (Å²) in [6.45, 7) is 6.90. The van der Waals surface area contributed by atoms with E-state index in [-0.39, 0.29) is 5.41 Å². The van der Waals surface area contributed by atoms with Gasteiger partial charge in [-0.05, 0) is 114 Å². The number of fused-ring (bicyclic) bond motifs is 6. The Bertz CT molecular complexity index is 2620. The maximum atomic E-state index is 2.45. The van der Waals surface area contributed by atoms with Gasteiger partial charge in [0.15, 0.2) is 0 Å². The van der Waals surface area contributed by atoms with Gasteiger partial charge in [-0.2, -0.15) is 0 Å². The van der Waals surface area contributed by atoms with Gasteiger partial charge < -0.3 is 0 Å². The molecule has 252 valence electrons. The number of hydrogen-bond donors (Lipinski definition) is 0. The molecule has 0 aromatic heterocycles. The molecule has 0 aliphatic heterocycles. The van der Waals surface area contributed by atoms with Gasteiger partial charge in [-0.1, -0.05) is 189 Å². The van der Waals surface area contributed by atoms with Crippen molar-refractivity contribution in [3.05, 3.63) is 227 Å². The van der Waals surface area contributed by atoms with Gasteiger partial charge in [0.1, 0.15) is 0 Å². The van der Waals surface area contributed by atoms with Crippen molar-refractivity contribution in [1.29, 1.82) is 0 Å². The maximum absolute atomic E-state index is 2.45. The average Bonchev–Trinajstić information content (AvgIpc) is 3.64. The van der Waals surface area contributed by atoms with E-state index in [2.05, 4.69) is 209 Å². The molecule has 0 radical (unpaired) electrons. The van der Waals surface area contributed by atoms with Gasteiger partial charge in [-0.25, -0.2) is 0 Å². The van der Waals surface area contributed by atoms with E-state index >= 15 is 0 Å². The fourth-order valence-corrected chi connectivity index (χ4v) is 9.32. The van der Waals surface area contributed by atoms with Gasteiger partial charge in [-0.15, -0.1) is 0 Å². The molecule has 0 atom stereocenters. The summed E-state index contributed by atoms with van der Waals surface area (Å²) >= 11 is 0.